The van der Waals surface area contributed by atoms with E-state index in [0.29, 0.717) is 18.7 Å². The second-order valence-corrected chi connectivity index (χ2v) is 7.21. The van der Waals surface area contributed by atoms with E-state index in [0.717, 1.165) is 30.9 Å². The zero-order chi connectivity index (χ0) is 20.1. The summed E-state index contributed by atoms with van der Waals surface area (Å²) < 4.78 is 0. The smallest absolute Gasteiger partial charge is 0.255 e. The van der Waals surface area contributed by atoms with E-state index in [9.17, 15) is 4.79 Å². The van der Waals surface area contributed by atoms with Gasteiger partial charge in [0.1, 0.15) is 0 Å². The number of aryl methyl sites for hydroxylation is 1. The molecule has 148 valence electrons. The van der Waals surface area contributed by atoms with Gasteiger partial charge in [0.05, 0.1) is 17.4 Å². The summed E-state index contributed by atoms with van der Waals surface area (Å²) in [5.41, 5.74) is 4.96. The van der Waals surface area contributed by atoms with Crippen molar-refractivity contribution in [2.75, 3.05) is 36.4 Å². The van der Waals surface area contributed by atoms with Crippen LogP contribution in [0.2, 0.25) is 0 Å². The van der Waals surface area contributed by atoms with E-state index < -0.39 is 0 Å². The molecule has 5 heteroatoms. The maximum atomic E-state index is 13.0. The molecule has 5 nitrogen and oxygen atoms in total. The Morgan fingerprint density at radius 3 is 2.45 bits per heavy atom. The van der Waals surface area contributed by atoms with Crippen molar-refractivity contribution in [1.82, 2.24) is 9.88 Å². The fraction of sp³-hybridized carbons (Fsp3) is 0.250. The molecule has 0 atom stereocenters. The van der Waals surface area contributed by atoms with E-state index in [4.69, 9.17) is 0 Å². The minimum Gasteiger partial charge on any atom is -0.368 e. The first kappa shape index (κ1) is 19.0. The largest absolute Gasteiger partial charge is 0.368 e. The molecular weight excluding hydrogens is 360 g/mol. The van der Waals surface area contributed by atoms with E-state index in [2.05, 4.69) is 46.4 Å². The number of carbonyl (C=O) groups excluding carboxylic acids is 1. The monoisotopic (exact) mass is 386 g/mol. The summed E-state index contributed by atoms with van der Waals surface area (Å²) in [6.45, 7) is 5.23. The van der Waals surface area contributed by atoms with Crippen molar-refractivity contribution in [2.24, 2.45) is 0 Å². The first-order valence-corrected chi connectivity index (χ1v) is 10.1. The van der Waals surface area contributed by atoms with E-state index in [1.165, 1.54) is 11.3 Å². The van der Waals surface area contributed by atoms with Crippen LogP contribution in [0, 0.1) is 0 Å². The van der Waals surface area contributed by atoms with Crippen molar-refractivity contribution < 1.29 is 4.79 Å². The van der Waals surface area contributed by atoms with Crippen molar-refractivity contribution in [3.63, 3.8) is 0 Å². The fourth-order valence-electron chi connectivity index (χ4n) is 3.72. The molecule has 1 aliphatic rings. The number of amides is 1. The van der Waals surface area contributed by atoms with Crippen LogP contribution in [0.3, 0.4) is 0 Å². The summed E-state index contributed by atoms with van der Waals surface area (Å²) in [6.07, 6.45) is 4.36. The number of aromatic nitrogens is 1. The highest BCUT2D eigenvalue weighted by atomic mass is 16.2. The summed E-state index contributed by atoms with van der Waals surface area (Å²) in [5, 5.41) is 3.41. The maximum Gasteiger partial charge on any atom is 0.255 e. The number of piperazine rings is 1. The van der Waals surface area contributed by atoms with Crippen LogP contribution in [0.4, 0.5) is 17.1 Å². The highest BCUT2D eigenvalue weighted by molar-refractivity contribution is 5.95. The van der Waals surface area contributed by atoms with Crippen molar-refractivity contribution in [1.29, 1.82) is 0 Å². The van der Waals surface area contributed by atoms with E-state index in [-0.39, 0.29) is 5.91 Å². The Kier molecular flexibility index (Phi) is 5.75. The lowest BCUT2D eigenvalue weighted by molar-refractivity contribution is 0.0746. The van der Waals surface area contributed by atoms with E-state index in [1.807, 2.05) is 41.3 Å². The van der Waals surface area contributed by atoms with Gasteiger partial charge in [-0.3, -0.25) is 9.78 Å². The number of pyridine rings is 1. The number of nitrogens with zero attached hydrogens (tertiary/aromatic N) is 3. The van der Waals surface area contributed by atoms with Crippen LogP contribution in [0.25, 0.3) is 0 Å². The first-order chi connectivity index (χ1) is 14.2. The molecule has 0 spiro atoms. The molecule has 29 heavy (non-hydrogen) atoms. The molecule has 3 aromatic rings. The molecule has 2 heterocycles. The van der Waals surface area contributed by atoms with Gasteiger partial charge in [-0.1, -0.05) is 43.3 Å². The summed E-state index contributed by atoms with van der Waals surface area (Å²) in [7, 11) is 0. The van der Waals surface area contributed by atoms with Gasteiger partial charge in [-0.15, -0.1) is 0 Å². The van der Waals surface area contributed by atoms with E-state index >= 15 is 0 Å². The van der Waals surface area contributed by atoms with Crippen LogP contribution < -0.4 is 10.2 Å². The van der Waals surface area contributed by atoms with Crippen LogP contribution >= 0.6 is 0 Å². The lowest BCUT2D eigenvalue weighted by atomic mass is 10.1. The SMILES string of the molecule is CCc1ccccc1Nc1cncc(C(=O)N2CCN(c3ccccc3)CC2)c1. The molecule has 1 saturated heterocycles. The molecule has 2 aromatic carbocycles. The Labute approximate surface area is 172 Å². The molecule has 1 amide bonds. The van der Waals surface area contributed by atoms with Gasteiger partial charge in [0.15, 0.2) is 0 Å². The number of hydrogen-bond donors (Lipinski definition) is 1. The fourth-order valence-corrected chi connectivity index (χ4v) is 3.72. The van der Waals surface area contributed by atoms with Crippen molar-refractivity contribution >= 4 is 23.0 Å². The third kappa shape index (κ3) is 4.40. The van der Waals surface area contributed by atoms with Crippen LogP contribution in [0.1, 0.15) is 22.8 Å². The molecule has 0 unspecified atom stereocenters. The van der Waals surface area contributed by atoms with Gasteiger partial charge in [0, 0.05) is 43.8 Å². The van der Waals surface area contributed by atoms with Gasteiger partial charge in [-0.25, -0.2) is 0 Å². The van der Waals surface area contributed by atoms with Crippen LogP contribution in [0.5, 0.6) is 0 Å². The minimum absolute atomic E-state index is 0.0395. The zero-order valence-electron chi connectivity index (χ0n) is 16.7. The number of carbonyl (C=O) groups is 1. The standard InChI is InChI=1S/C24H26N4O/c1-2-19-8-6-7-11-23(19)26-21-16-20(17-25-18-21)24(29)28-14-12-27(13-15-28)22-9-4-3-5-10-22/h3-11,16-18,26H,2,12-15H2,1H3. The molecular formula is C24H26N4O. The van der Waals surface area contributed by atoms with Gasteiger partial charge in [-0.2, -0.15) is 0 Å². The Morgan fingerprint density at radius 2 is 1.69 bits per heavy atom. The summed E-state index contributed by atoms with van der Waals surface area (Å²) >= 11 is 0. The Hall–Kier alpha value is -3.34. The summed E-state index contributed by atoms with van der Waals surface area (Å²) in [5.74, 6) is 0.0395. The van der Waals surface area contributed by atoms with Gasteiger partial charge >= 0.3 is 0 Å². The van der Waals surface area contributed by atoms with Crippen LogP contribution in [0.15, 0.2) is 73.1 Å². The molecule has 0 bridgehead atoms. The Balaban J connectivity index is 1.43. The van der Waals surface area contributed by atoms with Crippen LogP contribution in [-0.4, -0.2) is 42.0 Å². The number of benzene rings is 2. The highest BCUT2D eigenvalue weighted by Gasteiger charge is 2.22. The normalized spacial score (nSPS) is 14.0. The van der Waals surface area contributed by atoms with Crippen molar-refractivity contribution in [3.8, 4) is 0 Å². The van der Waals surface area contributed by atoms with Gasteiger partial charge < -0.3 is 15.1 Å². The second-order valence-electron chi connectivity index (χ2n) is 7.21. The molecule has 1 N–H and O–H groups in total. The lowest BCUT2D eigenvalue weighted by Gasteiger charge is -2.36. The molecule has 0 aliphatic carbocycles. The topological polar surface area (TPSA) is 48.5 Å². The van der Waals surface area contributed by atoms with Crippen molar-refractivity contribution in [2.45, 2.75) is 13.3 Å². The zero-order valence-corrected chi connectivity index (χ0v) is 16.7. The van der Waals surface area contributed by atoms with E-state index in [1.54, 1.807) is 12.4 Å². The highest BCUT2D eigenvalue weighted by Crippen LogP contribution is 2.22. The quantitative estimate of drug-likeness (QED) is 0.708. The number of hydrogen-bond acceptors (Lipinski definition) is 4. The number of rotatable bonds is 5. The average molecular weight is 386 g/mol. The minimum atomic E-state index is 0.0395. The number of nitrogens with one attached hydrogen (secondary N) is 1. The lowest BCUT2D eigenvalue weighted by Crippen LogP contribution is -2.48. The first-order valence-electron chi connectivity index (χ1n) is 10.1. The predicted octanol–water partition coefficient (Wildman–Crippen LogP) is 4.35. The third-order valence-electron chi connectivity index (χ3n) is 5.35. The van der Waals surface area contributed by atoms with Gasteiger partial charge in [0.25, 0.3) is 5.91 Å². The number of anilines is 3. The summed E-state index contributed by atoms with van der Waals surface area (Å²) in [6, 6.07) is 20.5. The molecule has 0 radical (unpaired) electrons. The Morgan fingerprint density at radius 1 is 0.966 bits per heavy atom. The molecule has 1 aromatic heterocycles. The van der Waals surface area contributed by atoms with Crippen molar-refractivity contribution in [3.05, 3.63) is 84.2 Å². The second kappa shape index (κ2) is 8.78. The third-order valence-corrected chi connectivity index (χ3v) is 5.35. The molecule has 0 saturated carbocycles. The molecule has 1 aliphatic heterocycles. The molecule has 1 fully saturated rings. The predicted molar refractivity (Wildman–Crippen MR) is 118 cm³/mol. The summed E-state index contributed by atoms with van der Waals surface area (Å²) in [4.78, 5) is 21.5. The average Bonchev–Trinajstić information content (AvgIpc) is 2.80. The molecule has 4 rings (SSSR count). The van der Waals surface area contributed by atoms with Gasteiger partial charge in [-0.05, 0) is 36.2 Å². The van der Waals surface area contributed by atoms with Gasteiger partial charge in [0.2, 0.25) is 0 Å². The maximum absolute atomic E-state index is 13.0. The Bertz CT molecular complexity index is 965. The number of para-hydroxylation sites is 2. The van der Waals surface area contributed by atoms with Crippen LogP contribution in [-0.2, 0) is 6.42 Å².